The molecule has 5 aliphatic rings. The molecule has 0 radical (unpaired) electrons. The summed E-state index contributed by atoms with van der Waals surface area (Å²) < 4.78 is 44.2. The zero-order valence-corrected chi connectivity index (χ0v) is 23.2. The number of hydrogen-bond donors (Lipinski definition) is 2. The maximum Gasteiger partial charge on any atom is 0.311 e. The van der Waals surface area contributed by atoms with Crippen LogP contribution >= 0.6 is 23.2 Å². The van der Waals surface area contributed by atoms with E-state index in [1.165, 1.54) is 7.11 Å². The number of rotatable bonds is 9. The minimum absolute atomic E-state index is 0.158. The van der Waals surface area contributed by atoms with Gasteiger partial charge in [0, 0.05) is 18.4 Å². The lowest BCUT2D eigenvalue weighted by Gasteiger charge is -2.57. The quantitative estimate of drug-likeness (QED) is 0.318. The highest BCUT2D eigenvalue weighted by molar-refractivity contribution is 6.21. The van der Waals surface area contributed by atoms with Gasteiger partial charge in [-0.05, 0) is 57.8 Å². The first-order chi connectivity index (χ1) is 18.0. The molecule has 0 saturated heterocycles. The lowest BCUT2D eigenvalue weighted by atomic mass is 9.56. The number of esters is 1. The molecule has 5 fully saturated rings. The molecule has 38 heavy (non-hydrogen) atoms. The van der Waals surface area contributed by atoms with E-state index in [1.54, 1.807) is 0 Å². The Labute approximate surface area is 232 Å². The molecule has 0 aromatic rings. The first kappa shape index (κ1) is 29.7. The van der Waals surface area contributed by atoms with Crippen molar-refractivity contribution in [1.82, 2.24) is 10.6 Å². The van der Waals surface area contributed by atoms with Gasteiger partial charge in [0.1, 0.15) is 25.6 Å². The van der Waals surface area contributed by atoms with Crippen LogP contribution < -0.4 is 10.6 Å². The van der Waals surface area contributed by atoms with E-state index in [2.05, 4.69) is 10.6 Å². The van der Waals surface area contributed by atoms with Crippen molar-refractivity contribution >= 4 is 41.0 Å². The second kappa shape index (κ2) is 12.5. The number of methoxy groups -OCH3 is 1. The smallest absolute Gasteiger partial charge is 0.311 e. The van der Waals surface area contributed by atoms with Crippen LogP contribution in [0.25, 0.3) is 0 Å². The summed E-state index contributed by atoms with van der Waals surface area (Å²) in [4.78, 5) is 38.4. The fourth-order valence-corrected chi connectivity index (χ4v) is 7.03. The Hall–Kier alpha value is -1.23. The van der Waals surface area contributed by atoms with Gasteiger partial charge in [-0.15, -0.1) is 23.2 Å². The molecule has 5 rings (SSSR count). The summed E-state index contributed by atoms with van der Waals surface area (Å²) in [6.45, 7) is -0.426. The van der Waals surface area contributed by atoms with E-state index in [0.717, 1.165) is 0 Å². The average Bonchev–Trinajstić information content (AvgIpc) is 2.90. The second-order valence-corrected chi connectivity index (χ2v) is 12.5. The SMILES string of the molecule is COC(=O)[C@H]1CC2(NC(=O)COC3CCC(Cl)C(F)C3)CCC1(NC(=O)COC1CCC(Cl)C(F)C1)CC2. The number of alkyl halides is 4. The number of carbonyl (C=O) groups is 3. The van der Waals surface area contributed by atoms with Crippen LogP contribution in [0.5, 0.6) is 0 Å². The van der Waals surface area contributed by atoms with Crippen molar-refractivity contribution in [2.45, 2.75) is 117 Å². The van der Waals surface area contributed by atoms with Crippen molar-refractivity contribution < 1.29 is 37.4 Å². The Morgan fingerprint density at radius 3 is 1.79 bits per heavy atom. The third kappa shape index (κ3) is 6.91. The average molecular weight is 584 g/mol. The molecule has 5 saturated carbocycles. The fraction of sp³-hybridized carbons (Fsp3) is 0.885. The van der Waals surface area contributed by atoms with E-state index < -0.39 is 46.1 Å². The number of ether oxygens (including phenoxy) is 3. The lowest BCUT2D eigenvalue weighted by Crippen LogP contribution is -2.70. The van der Waals surface area contributed by atoms with Crippen molar-refractivity contribution in [1.29, 1.82) is 0 Å². The molecule has 0 spiro atoms. The minimum Gasteiger partial charge on any atom is -0.469 e. The summed E-state index contributed by atoms with van der Waals surface area (Å²) in [5, 5.41) is 5.05. The number of carbonyl (C=O) groups excluding carboxylic acids is 3. The number of fused-ring (bicyclic) bond motifs is 3. The molecule has 6 unspecified atom stereocenters. The van der Waals surface area contributed by atoms with Crippen LogP contribution in [0.4, 0.5) is 8.78 Å². The van der Waals surface area contributed by atoms with Gasteiger partial charge in [-0.25, -0.2) is 8.78 Å². The standard InChI is InChI=1S/C26H38Cl2F2N2O6/c1-36-24(35)17-12-25(31-22(33)13-37-15-2-4-18(27)20(29)10-15)6-8-26(17,9-7-25)32-23(34)14-38-16-3-5-19(28)21(30)11-16/h15-21H,2-14H2,1H3,(H,31,33)(H,32,34)/t15?,16?,17-,18?,19?,20?,21?,25?,26?/m1/s1. The molecule has 0 aliphatic heterocycles. The third-order valence-corrected chi connectivity index (χ3v) is 9.81. The molecule has 216 valence electrons. The van der Waals surface area contributed by atoms with Crippen molar-refractivity contribution in [3.05, 3.63) is 0 Å². The van der Waals surface area contributed by atoms with Gasteiger partial charge in [0.25, 0.3) is 0 Å². The maximum atomic E-state index is 13.9. The highest BCUT2D eigenvalue weighted by Crippen LogP contribution is 2.50. The maximum absolute atomic E-state index is 13.9. The summed E-state index contributed by atoms with van der Waals surface area (Å²) in [6, 6.07) is 0. The number of nitrogens with one attached hydrogen (secondary N) is 2. The first-order valence-electron chi connectivity index (χ1n) is 13.5. The van der Waals surface area contributed by atoms with Gasteiger partial charge in [0.15, 0.2) is 0 Å². The van der Waals surface area contributed by atoms with Gasteiger partial charge < -0.3 is 24.8 Å². The van der Waals surface area contributed by atoms with Crippen LogP contribution in [0, 0.1) is 5.92 Å². The monoisotopic (exact) mass is 582 g/mol. The Bertz CT molecular complexity index is 875. The lowest BCUT2D eigenvalue weighted by molar-refractivity contribution is -0.158. The molecule has 12 heteroatoms. The van der Waals surface area contributed by atoms with E-state index in [9.17, 15) is 23.2 Å². The number of hydrogen-bond acceptors (Lipinski definition) is 6. The van der Waals surface area contributed by atoms with Gasteiger partial charge in [-0.3, -0.25) is 14.4 Å². The molecule has 0 aromatic carbocycles. The van der Waals surface area contributed by atoms with Gasteiger partial charge in [0.2, 0.25) is 11.8 Å². The Kier molecular flexibility index (Phi) is 9.80. The highest BCUT2D eigenvalue weighted by Gasteiger charge is 2.58. The zero-order valence-electron chi connectivity index (χ0n) is 21.7. The van der Waals surface area contributed by atoms with Gasteiger partial charge in [-0.2, -0.15) is 0 Å². The molecule has 2 amide bonds. The molecule has 7 atom stereocenters. The Morgan fingerprint density at radius 1 is 0.816 bits per heavy atom. The first-order valence-corrected chi connectivity index (χ1v) is 14.4. The topological polar surface area (TPSA) is 103 Å². The summed E-state index contributed by atoms with van der Waals surface area (Å²) in [5.74, 6) is -1.78. The minimum atomic E-state index is -1.16. The van der Waals surface area contributed by atoms with Gasteiger partial charge in [0.05, 0.1) is 41.5 Å². The second-order valence-electron chi connectivity index (χ2n) is 11.4. The Balaban J connectivity index is 1.30. The summed E-state index contributed by atoms with van der Waals surface area (Å²) in [6.07, 6.45) is 1.90. The van der Waals surface area contributed by atoms with E-state index in [1.807, 2.05) is 0 Å². The van der Waals surface area contributed by atoms with Crippen LogP contribution in [-0.4, -0.2) is 84.5 Å². The van der Waals surface area contributed by atoms with Gasteiger partial charge >= 0.3 is 5.97 Å². The van der Waals surface area contributed by atoms with Crippen LogP contribution in [0.1, 0.15) is 70.6 Å². The normalized spacial score (nSPS) is 40.8. The number of halogens is 4. The predicted molar refractivity (Wildman–Crippen MR) is 137 cm³/mol. The molecular weight excluding hydrogens is 545 g/mol. The highest BCUT2D eigenvalue weighted by atomic mass is 35.5. The summed E-state index contributed by atoms with van der Waals surface area (Å²) in [7, 11) is 1.30. The van der Waals surface area contributed by atoms with Crippen molar-refractivity contribution in [2.24, 2.45) is 5.92 Å². The molecule has 5 aliphatic carbocycles. The van der Waals surface area contributed by atoms with E-state index in [0.29, 0.717) is 57.8 Å². The summed E-state index contributed by atoms with van der Waals surface area (Å²) >= 11 is 11.8. The van der Waals surface area contributed by atoms with Crippen LogP contribution in [0.3, 0.4) is 0 Å². The fourth-order valence-electron chi connectivity index (χ4n) is 6.57. The zero-order chi connectivity index (χ0) is 27.5. The van der Waals surface area contributed by atoms with Crippen LogP contribution in [-0.2, 0) is 28.6 Å². The van der Waals surface area contributed by atoms with Crippen molar-refractivity contribution in [2.75, 3.05) is 20.3 Å². The van der Waals surface area contributed by atoms with Crippen LogP contribution in [0.15, 0.2) is 0 Å². The van der Waals surface area contributed by atoms with Crippen LogP contribution in [0.2, 0.25) is 0 Å². The molecular formula is C26H38Cl2F2N2O6. The summed E-state index contributed by atoms with van der Waals surface area (Å²) in [5.41, 5.74) is -1.42. The van der Waals surface area contributed by atoms with Crippen molar-refractivity contribution in [3.63, 3.8) is 0 Å². The predicted octanol–water partition coefficient (Wildman–Crippen LogP) is 3.49. The molecule has 2 bridgehead atoms. The van der Waals surface area contributed by atoms with E-state index in [-0.39, 0.29) is 50.1 Å². The molecule has 0 aromatic heterocycles. The van der Waals surface area contributed by atoms with Crippen molar-refractivity contribution in [3.8, 4) is 0 Å². The van der Waals surface area contributed by atoms with Gasteiger partial charge in [-0.1, -0.05) is 0 Å². The van der Waals surface area contributed by atoms with E-state index in [4.69, 9.17) is 37.4 Å². The number of amides is 2. The molecule has 0 heterocycles. The Morgan fingerprint density at radius 2 is 1.32 bits per heavy atom. The largest absolute Gasteiger partial charge is 0.469 e. The molecule has 8 nitrogen and oxygen atoms in total. The van der Waals surface area contributed by atoms with E-state index >= 15 is 0 Å². The molecule has 2 N–H and O–H groups in total. The third-order valence-electron chi connectivity index (χ3n) is 8.83.